The Hall–Kier alpha value is -5.98. The fourth-order valence-corrected chi connectivity index (χ4v) is 9.19. The number of benzene rings is 2. The van der Waals surface area contributed by atoms with Crippen molar-refractivity contribution in [1.29, 1.82) is 0 Å². The van der Waals surface area contributed by atoms with E-state index in [2.05, 4.69) is 79.1 Å². The Morgan fingerprint density at radius 1 is 0.789 bits per heavy atom. The maximum atomic E-state index is 13.6. The third kappa shape index (κ3) is 7.75. The zero-order valence-corrected chi connectivity index (χ0v) is 32.8. The number of nitrogens with one attached hydrogen (secondary N) is 4. The Bertz CT molecular complexity index is 2200. The summed E-state index contributed by atoms with van der Waals surface area (Å²) in [5.74, 6) is 2.83. The van der Waals surface area contributed by atoms with Crippen LogP contribution in [0.15, 0.2) is 79.3 Å². The van der Waals surface area contributed by atoms with Gasteiger partial charge in [-0.1, -0.05) is 68.4 Å². The van der Waals surface area contributed by atoms with Crippen LogP contribution in [0.1, 0.15) is 75.1 Å². The van der Waals surface area contributed by atoms with Crippen LogP contribution in [-0.2, 0) is 20.9 Å². The van der Waals surface area contributed by atoms with Crippen LogP contribution >= 0.6 is 0 Å². The minimum absolute atomic E-state index is 0.0717. The van der Waals surface area contributed by atoms with Gasteiger partial charge in [-0.05, 0) is 77.7 Å². The molecule has 0 radical (unpaired) electrons. The first-order chi connectivity index (χ1) is 27.7. The molecule has 2 saturated carbocycles. The Morgan fingerprint density at radius 2 is 1.42 bits per heavy atom. The Kier molecular flexibility index (Phi) is 10.8. The van der Waals surface area contributed by atoms with E-state index >= 15 is 0 Å². The molecule has 6 atom stereocenters. The second-order valence-corrected chi connectivity index (χ2v) is 15.9. The molecule has 0 spiro atoms. The first-order valence-corrected chi connectivity index (χ1v) is 19.9. The lowest BCUT2D eigenvalue weighted by Crippen LogP contribution is -2.51. The lowest BCUT2D eigenvalue weighted by Gasteiger charge is -2.30. The highest BCUT2D eigenvalue weighted by atomic mass is 16.5. The fraction of sp³-hybridized carbons (Fsp3) is 0.409. The van der Waals surface area contributed by atoms with E-state index in [4.69, 9.17) is 14.5 Å². The first-order valence-electron chi connectivity index (χ1n) is 19.9. The van der Waals surface area contributed by atoms with Gasteiger partial charge < -0.3 is 35.0 Å². The number of fused-ring (bicyclic) bond motifs is 2. The van der Waals surface area contributed by atoms with Gasteiger partial charge in [0, 0.05) is 31.3 Å². The number of carbonyl (C=O) groups excluding carboxylic acids is 3. The standard InChI is InChI=1S/C44H50N8O5/c1-25(2)39(51-44(55)57-4)43(54)52-19-5-6-35(52)40-46-23-33(49-40)29-12-8-27(9-13-29)28-10-14-30(15-11-28)34-24-47-41(50-34)37-31-16-17-32(20-31)38(37)42(53)48-22-26-7-18-36(56-3)45-21-26/h7-15,18,21,23-25,31-32,35,37-39H,5-6,16-17,19-20,22H2,1-4H3,(H,46,49)(H,47,50)(H,48,53)(H,51,55)/t31?,32?,35-,37+,38+,39-/m0/s1. The molecule has 1 aliphatic heterocycles. The fourth-order valence-electron chi connectivity index (χ4n) is 9.19. The summed E-state index contributed by atoms with van der Waals surface area (Å²) >= 11 is 0. The minimum Gasteiger partial charge on any atom is -0.481 e. The summed E-state index contributed by atoms with van der Waals surface area (Å²) in [4.78, 5) is 61.8. The van der Waals surface area contributed by atoms with Crippen LogP contribution in [0.3, 0.4) is 0 Å². The van der Waals surface area contributed by atoms with Crippen molar-refractivity contribution in [2.75, 3.05) is 20.8 Å². The number of aromatic nitrogens is 5. The number of nitrogens with zero attached hydrogens (tertiary/aromatic N) is 4. The van der Waals surface area contributed by atoms with Gasteiger partial charge in [-0.15, -0.1) is 0 Å². The maximum Gasteiger partial charge on any atom is 0.407 e. The van der Waals surface area contributed by atoms with Gasteiger partial charge in [0.25, 0.3) is 0 Å². The normalized spacial score (nSPS) is 21.8. The molecule has 2 aromatic carbocycles. The smallest absolute Gasteiger partial charge is 0.407 e. The summed E-state index contributed by atoms with van der Waals surface area (Å²) in [5, 5.41) is 5.88. The van der Waals surface area contributed by atoms with Crippen LogP contribution in [0, 0.1) is 23.7 Å². The second-order valence-electron chi connectivity index (χ2n) is 15.9. The number of ether oxygens (including phenoxy) is 2. The molecule has 4 heterocycles. The molecule has 57 heavy (non-hydrogen) atoms. The van der Waals surface area contributed by atoms with Crippen LogP contribution in [0.5, 0.6) is 5.88 Å². The highest BCUT2D eigenvalue weighted by Gasteiger charge is 2.52. The van der Waals surface area contributed by atoms with Gasteiger partial charge in [-0.25, -0.2) is 19.7 Å². The molecule has 5 aromatic rings. The van der Waals surface area contributed by atoms with E-state index in [1.807, 2.05) is 43.3 Å². The third-order valence-corrected chi connectivity index (χ3v) is 12.2. The minimum atomic E-state index is -0.680. The number of aromatic amines is 2. The number of methoxy groups -OCH3 is 2. The molecule has 2 bridgehead atoms. The summed E-state index contributed by atoms with van der Waals surface area (Å²) < 4.78 is 9.92. The first kappa shape index (κ1) is 37.9. The zero-order chi connectivity index (χ0) is 39.6. The van der Waals surface area contributed by atoms with Crippen molar-refractivity contribution < 1.29 is 23.9 Å². The summed E-state index contributed by atoms with van der Waals surface area (Å²) in [7, 11) is 2.88. The van der Waals surface area contributed by atoms with Gasteiger partial charge in [-0.3, -0.25) is 9.59 Å². The SMILES string of the molecule is COC(=O)N[C@H](C(=O)N1CCC[C@H]1c1ncc(-c2ccc(-c3ccc(-c4cnc([C@@H]5C6CCC(C6)[C@H]5C(=O)NCc5ccc(OC)nc5)[nH]4)cc3)cc2)[nH]1)C(C)C. The van der Waals surface area contributed by atoms with E-state index in [-0.39, 0.29) is 35.6 Å². The molecule has 3 aromatic heterocycles. The highest BCUT2D eigenvalue weighted by Crippen LogP contribution is 2.56. The molecule has 1 saturated heterocycles. The molecular weight excluding hydrogens is 721 g/mol. The van der Waals surface area contributed by atoms with Crippen molar-refractivity contribution in [1.82, 2.24) is 40.5 Å². The predicted octanol–water partition coefficient (Wildman–Crippen LogP) is 7.03. The zero-order valence-electron chi connectivity index (χ0n) is 32.8. The van der Waals surface area contributed by atoms with Crippen molar-refractivity contribution >= 4 is 17.9 Å². The number of amides is 3. The lowest BCUT2D eigenvalue weighted by molar-refractivity contribution is -0.135. The lowest BCUT2D eigenvalue weighted by atomic mass is 9.78. The quantitative estimate of drug-likeness (QED) is 0.105. The summed E-state index contributed by atoms with van der Waals surface area (Å²) in [6.45, 7) is 4.85. The van der Waals surface area contributed by atoms with Crippen LogP contribution < -0.4 is 15.4 Å². The largest absolute Gasteiger partial charge is 0.481 e. The van der Waals surface area contributed by atoms with E-state index in [9.17, 15) is 14.4 Å². The van der Waals surface area contributed by atoms with Gasteiger partial charge in [0.1, 0.15) is 17.7 Å². The van der Waals surface area contributed by atoms with Gasteiger partial charge in [0.05, 0.1) is 50.0 Å². The summed E-state index contributed by atoms with van der Waals surface area (Å²) in [6.07, 6.45) is 9.76. The van der Waals surface area contributed by atoms with Crippen molar-refractivity contribution in [3.05, 3.63) is 96.5 Å². The number of alkyl carbamates (subject to hydrolysis) is 1. The number of H-pyrrole nitrogens is 2. The Morgan fingerprint density at radius 3 is 2.04 bits per heavy atom. The van der Waals surface area contributed by atoms with Gasteiger partial charge >= 0.3 is 6.09 Å². The second kappa shape index (κ2) is 16.2. The van der Waals surface area contributed by atoms with Gasteiger partial charge in [-0.2, -0.15) is 0 Å². The molecule has 13 nitrogen and oxygen atoms in total. The van der Waals surface area contributed by atoms with Gasteiger partial charge in [0.2, 0.25) is 17.7 Å². The number of likely N-dealkylation sites (tertiary alicyclic amines) is 1. The van der Waals surface area contributed by atoms with Crippen molar-refractivity contribution in [2.45, 2.75) is 70.5 Å². The molecule has 13 heteroatoms. The van der Waals surface area contributed by atoms with Crippen LogP contribution in [0.4, 0.5) is 4.79 Å². The summed E-state index contributed by atoms with van der Waals surface area (Å²) in [6, 6.07) is 19.7. The van der Waals surface area contributed by atoms with E-state index in [1.165, 1.54) is 7.11 Å². The van der Waals surface area contributed by atoms with Crippen LogP contribution in [-0.4, -0.2) is 74.5 Å². The van der Waals surface area contributed by atoms with Gasteiger partial charge in [0.15, 0.2) is 0 Å². The molecule has 2 unspecified atom stereocenters. The molecule has 3 amide bonds. The van der Waals surface area contributed by atoms with Crippen LogP contribution in [0.2, 0.25) is 0 Å². The average molecular weight is 771 g/mol. The molecule has 3 aliphatic rings. The van der Waals surface area contributed by atoms with E-state index in [0.717, 1.165) is 83.0 Å². The van der Waals surface area contributed by atoms with E-state index in [1.54, 1.807) is 13.3 Å². The van der Waals surface area contributed by atoms with Crippen molar-refractivity contribution in [2.24, 2.45) is 23.7 Å². The number of pyridine rings is 1. The van der Waals surface area contributed by atoms with E-state index in [0.29, 0.717) is 30.8 Å². The van der Waals surface area contributed by atoms with Crippen LogP contribution in [0.25, 0.3) is 33.6 Å². The molecule has 296 valence electrons. The van der Waals surface area contributed by atoms with E-state index < -0.39 is 12.1 Å². The number of imidazole rings is 2. The topological polar surface area (TPSA) is 167 Å². The number of hydrogen-bond acceptors (Lipinski definition) is 8. The van der Waals surface area contributed by atoms with Crippen molar-refractivity contribution in [3.63, 3.8) is 0 Å². The number of hydrogen-bond donors (Lipinski definition) is 4. The Balaban J connectivity index is 0.910. The molecule has 3 fully saturated rings. The average Bonchev–Trinajstić information content (AvgIpc) is 4.10. The Labute approximate surface area is 332 Å². The highest BCUT2D eigenvalue weighted by molar-refractivity contribution is 5.86. The molecule has 4 N–H and O–H groups in total. The third-order valence-electron chi connectivity index (χ3n) is 12.2. The molecule has 2 aliphatic carbocycles. The van der Waals surface area contributed by atoms with Crippen molar-refractivity contribution in [3.8, 4) is 39.5 Å². The molecule has 8 rings (SSSR count). The maximum absolute atomic E-state index is 13.6. The predicted molar refractivity (Wildman–Crippen MR) is 215 cm³/mol. The number of rotatable bonds is 12. The summed E-state index contributed by atoms with van der Waals surface area (Å²) in [5.41, 5.74) is 6.96. The number of carbonyl (C=O) groups is 3. The molecular formula is C44H50N8O5. The monoisotopic (exact) mass is 770 g/mol.